The first kappa shape index (κ1) is 19.8. The number of hydrogen-bond donors (Lipinski definition) is 2. The van der Waals surface area contributed by atoms with Crippen molar-refractivity contribution in [2.45, 2.75) is 13.8 Å². The molecule has 28 heavy (non-hydrogen) atoms. The second-order valence-corrected chi connectivity index (χ2v) is 6.93. The molecule has 2 aromatic rings. The van der Waals surface area contributed by atoms with Gasteiger partial charge in [-0.15, -0.1) is 0 Å². The number of aromatic carboxylic acids is 1. The maximum absolute atomic E-state index is 14.7. The molecule has 2 N–H and O–H groups in total. The van der Waals surface area contributed by atoms with Gasteiger partial charge in [-0.3, -0.25) is 5.43 Å². The number of nitrogens with one attached hydrogen (secondary N) is 2. The van der Waals surface area contributed by atoms with Gasteiger partial charge in [-0.25, -0.2) is 4.39 Å². The van der Waals surface area contributed by atoms with Crippen molar-refractivity contribution >= 4 is 23.1 Å². The molecule has 1 saturated heterocycles. The molecule has 0 aliphatic carbocycles. The van der Waals surface area contributed by atoms with Gasteiger partial charge < -0.3 is 19.7 Å². The van der Waals surface area contributed by atoms with E-state index in [9.17, 15) is 14.3 Å². The zero-order chi connectivity index (χ0) is 20.1. The minimum Gasteiger partial charge on any atom is -0.545 e. The van der Waals surface area contributed by atoms with E-state index in [1.54, 1.807) is 24.0 Å². The van der Waals surface area contributed by atoms with Gasteiger partial charge in [0.15, 0.2) is 0 Å². The fourth-order valence-electron chi connectivity index (χ4n) is 3.30. The highest BCUT2D eigenvalue weighted by Crippen LogP contribution is 2.21. The van der Waals surface area contributed by atoms with Crippen LogP contribution in [-0.4, -0.2) is 44.4 Å². The third kappa shape index (κ3) is 4.67. The number of rotatable bonds is 6. The first-order valence-corrected chi connectivity index (χ1v) is 9.48. The molecular weight excluding hydrogens is 359 g/mol. The number of likely N-dealkylation sites (N-methyl/N-ethyl adjacent to an activating group) is 1. The minimum atomic E-state index is -1.22. The highest BCUT2D eigenvalue weighted by Gasteiger charge is 2.21. The number of piperazine rings is 1. The van der Waals surface area contributed by atoms with Gasteiger partial charge >= 0.3 is 0 Å². The number of anilines is 2. The molecule has 0 saturated carbocycles. The van der Waals surface area contributed by atoms with Crippen LogP contribution in [0.2, 0.25) is 0 Å². The van der Waals surface area contributed by atoms with E-state index < -0.39 is 5.97 Å². The molecule has 1 aliphatic heterocycles. The zero-order valence-electron chi connectivity index (χ0n) is 16.2. The van der Waals surface area contributed by atoms with Gasteiger partial charge in [0.1, 0.15) is 5.82 Å². The van der Waals surface area contributed by atoms with E-state index in [-0.39, 0.29) is 11.4 Å². The van der Waals surface area contributed by atoms with Crippen LogP contribution in [0, 0.1) is 5.82 Å². The lowest BCUT2D eigenvalue weighted by atomic mass is 10.1. The van der Waals surface area contributed by atoms with Crippen LogP contribution in [0.1, 0.15) is 29.8 Å². The van der Waals surface area contributed by atoms with E-state index in [0.29, 0.717) is 22.6 Å². The lowest BCUT2D eigenvalue weighted by Crippen LogP contribution is -3.14. The summed E-state index contributed by atoms with van der Waals surface area (Å²) in [7, 11) is 0. The van der Waals surface area contributed by atoms with Crippen molar-refractivity contribution in [2.75, 3.05) is 43.0 Å². The lowest BCUT2D eigenvalue weighted by Gasteiger charge is -2.33. The molecule has 0 atom stereocenters. The molecule has 6 nitrogen and oxygen atoms in total. The van der Waals surface area contributed by atoms with Crippen LogP contribution in [0.4, 0.5) is 15.8 Å². The molecular formula is C21H25FN4O2. The summed E-state index contributed by atoms with van der Waals surface area (Å²) in [4.78, 5) is 14.4. The number of benzene rings is 2. The van der Waals surface area contributed by atoms with Crippen molar-refractivity contribution in [3.05, 3.63) is 59.4 Å². The molecule has 1 aliphatic rings. The number of carboxylic acids is 1. The topological polar surface area (TPSA) is 72.2 Å². The molecule has 2 aromatic carbocycles. The zero-order valence-corrected chi connectivity index (χ0v) is 16.2. The molecule has 1 heterocycles. The molecule has 0 amide bonds. The Hall–Kier alpha value is -2.93. The van der Waals surface area contributed by atoms with Crippen LogP contribution in [-0.2, 0) is 0 Å². The fourth-order valence-corrected chi connectivity index (χ4v) is 3.30. The Morgan fingerprint density at radius 3 is 2.39 bits per heavy atom. The summed E-state index contributed by atoms with van der Waals surface area (Å²) in [6, 6.07) is 11.3. The molecule has 0 aromatic heterocycles. The number of carbonyl (C=O) groups excluding carboxylic acids is 1. The summed E-state index contributed by atoms with van der Waals surface area (Å²) in [5.74, 6) is -1.47. The summed E-state index contributed by atoms with van der Waals surface area (Å²) in [5.41, 5.74) is 5.56. The van der Waals surface area contributed by atoms with Gasteiger partial charge in [-0.1, -0.05) is 18.2 Å². The van der Waals surface area contributed by atoms with Crippen molar-refractivity contribution in [2.24, 2.45) is 5.10 Å². The smallest absolute Gasteiger partial charge is 0.147 e. The molecule has 0 unspecified atom stereocenters. The summed E-state index contributed by atoms with van der Waals surface area (Å²) in [6.07, 6.45) is 0. The highest BCUT2D eigenvalue weighted by atomic mass is 19.1. The number of quaternary nitrogens is 1. The Morgan fingerprint density at radius 1 is 1.18 bits per heavy atom. The second kappa shape index (κ2) is 8.84. The van der Waals surface area contributed by atoms with Gasteiger partial charge in [0.25, 0.3) is 0 Å². The van der Waals surface area contributed by atoms with Crippen LogP contribution in [0.25, 0.3) is 0 Å². The summed E-state index contributed by atoms with van der Waals surface area (Å²) < 4.78 is 14.7. The van der Waals surface area contributed by atoms with Crippen molar-refractivity contribution < 1.29 is 19.2 Å². The molecule has 1 fully saturated rings. The van der Waals surface area contributed by atoms with Crippen LogP contribution in [0.5, 0.6) is 0 Å². The van der Waals surface area contributed by atoms with Crippen molar-refractivity contribution in [1.29, 1.82) is 0 Å². The first-order chi connectivity index (χ1) is 13.5. The number of hydrazone groups is 1. The molecule has 3 rings (SSSR count). The van der Waals surface area contributed by atoms with E-state index in [0.717, 1.165) is 32.7 Å². The van der Waals surface area contributed by atoms with Crippen LogP contribution >= 0.6 is 0 Å². The van der Waals surface area contributed by atoms with Gasteiger partial charge in [0, 0.05) is 5.56 Å². The van der Waals surface area contributed by atoms with Crippen LogP contribution in [0.3, 0.4) is 0 Å². The number of halogens is 1. The molecule has 0 radical (unpaired) electrons. The molecule has 148 valence electrons. The summed E-state index contributed by atoms with van der Waals surface area (Å²) in [6.45, 7) is 8.84. The van der Waals surface area contributed by atoms with Gasteiger partial charge in [0.2, 0.25) is 0 Å². The van der Waals surface area contributed by atoms with E-state index in [1.807, 2.05) is 12.1 Å². The lowest BCUT2D eigenvalue weighted by molar-refractivity contribution is -0.898. The largest absolute Gasteiger partial charge is 0.545 e. The van der Waals surface area contributed by atoms with E-state index in [2.05, 4.69) is 22.4 Å². The predicted molar refractivity (Wildman–Crippen MR) is 106 cm³/mol. The Kier molecular flexibility index (Phi) is 6.26. The number of carboxylic acid groups (broad SMARTS) is 1. The third-order valence-corrected chi connectivity index (χ3v) is 5.15. The summed E-state index contributed by atoms with van der Waals surface area (Å²) in [5, 5.41) is 15.0. The highest BCUT2D eigenvalue weighted by molar-refractivity contribution is 5.99. The minimum absolute atomic E-state index is 0.102. The number of hydrogen-bond acceptors (Lipinski definition) is 5. The van der Waals surface area contributed by atoms with Crippen molar-refractivity contribution in [3.8, 4) is 0 Å². The Bertz CT molecular complexity index is 859. The predicted octanol–water partition coefficient (Wildman–Crippen LogP) is 0.750. The molecule has 0 spiro atoms. The molecule has 7 heteroatoms. The van der Waals surface area contributed by atoms with Crippen LogP contribution < -0.4 is 20.3 Å². The van der Waals surface area contributed by atoms with E-state index in [1.165, 1.54) is 18.2 Å². The van der Waals surface area contributed by atoms with Crippen molar-refractivity contribution in [3.63, 3.8) is 0 Å². The summed E-state index contributed by atoms with van der Waals surface area (Å²) >= 11 is 0. The Balaban J connectivity index is 1.67. The normalized spacial score (nSPS) is 15.5. The third-order valence-electron chi connectivity index (χ3n) is 5.15. The number of nitrogens with zero attached hydrogens (tertiary/aromatic N) is 2. The van der Waals surface area contributed by atoms with Gasteiger partial charge in [-0.05, 0) is 43.7 Å². The Morgan fingerprint density at radius 2 is 1.82 bits per heavy atom. The maximum atomic E-state index is 14.7. The second-order valence-electron chi connectivity index (χ2n) is 6.93. The number of carbonyl (C=O) groups is 1. The SMILES string of the molecule is CC[NH+]1CCN(c2ccc(/C(C)=N\Nc3ccc(C(=O)[O-])cc3)cc2F)CC1. The average molecular weight is 384 g/mol. The van der Waals surface area contributed by atoms with E-state index >= 15 is 0 Å². The fraction of sp³-hybridized carbons (Fsp3) is 0.333. The van der Waals surface area contributed by atoms with Gasteiger partial charge in [-0.2, -0.15) is 5.10 Å². The molecule has 0 bridgehead atoms. The Labute approximate surface area is 164 Å². The van der Waals surface area contributed by atoms with E-state index in [4.69, 9.17) is 0 Å². The monoisotopic (exact) mass is 384 g/mol. The standard InChI is InChI=1S/C21H25FN4O2/c1-3-25-10-12-26(13-11-25)20-9-6-17(14-19(20)22)15(2)23-24-18-7-4-16(5-8-18)21(27)28/h4-9,14,24H,3,10-13H2,1-2H3,(H,27,28)/b23-15-. The van der Waals surface area contributed by atoms with Crippen molar-refractivity contribution in [1.82, 2.24) is 0 Å². The van der Waals surface area contributed by atoms with Gasteiger partial charge in [0.05, 0.1) is 55.8 Å². The average Bonchev–Trinajstić information content (AvgIpc) is 2.72. The first-order valence-electron chi connectivity index (χ1n) is 9.48. The van der Waals surface area contributed by atoms with Crippen LogP contribution in [0.15, 0.2) is 47.6 Å². The maximum Gasteiger partial charge on any atom is 0.147 e. The quantitative estimate of drug-likeness (QED) is 0.570.